The molecule has 25 heavy (non-hydrogen) atoms. The minimum Gasteiger partial charge on any atom is -0.334 e. The monoisotopic (exact) mass is 374 g/mol. The fraction of sp³-hybridized carbons (Fsp3) is 0.118. The predicted molar refractivity (Wildman–Crippen MR) is 102 cm³/mol. The molecule has 3 rings (SSSR count). The molecule has 128 valence electrons. The van der Waals surface area contributed by atoms with Crippen LogP contribution in [-0.4, -0.2) is 21.3 Å². The quantitative estimate of drug-likeness (QED) is 0.416. The Morgan fingerprint density at radius 1 is 1.32 bits per heavy atom. The average Bonchev–Trinajstić information content (AvgIpc) is 2.60. The van der Waals surface area contributed by atoms with E-state index in [0.29, 0.717) is 21.6 Å². The lowest BCUT2D eigenvalue weighted by Crippen LogP contribution is -2.30. The fourth-order valence-electron chi connectivity index (χ4n) is 2.27. The number of rotatable bonds is 4. The van der Waals surface area contributed by atoms with E-state index >= 15 is 0 Å². The van der Waals surface area contributed by atoms with Gasteiger partial charge in [0.2, 0.25) is 5.91 Å². The number of halogens is 1. The molecule has 1 aromatic heterocycles. The van der Waals surface area contributed by atoms with Gasteiger partial charge in [-0.3, -0.25) is 9.59 Å². The molecular weight excluding hydrogens is 360 g/mol. The Morgan fingerprint density at radius 3 is 2.88 bits per heavy atom. The molecule has 0 atom stereocenters. The molecule has 0 saturated carbocycles. The van der Waals surface area contributed by atoms with Crippen LogP contribution in [0.1, 0.15) is 5.56 Å². The summed E-state index contributed by atoms with van der Waals surface area (Å²) in [7, 11) is 0. The van der Waals surface area contributed by atoms with Crippen LogP contribution in [0.2, 0.25) is 5.02 Å². The van der Waals surface area contributed by atoms with Gasteiger partial charge in [-0.2, -0.15) is 0 Å². The number of carbonyl (C=O) groups is 1. The van der Waals surface area contributed by atoms with E-state index in [4.69, 9.17) is 17.4 Å². The highest BCUT2D eigenvalue weighted by molar-refractivity contribution is 7.99. The number of fused-ring (bicyclic) bond motifs is 1. The van der Waals surface area contributed by atoms with Crippen LogP contribution in [0.5, 0.6) is 0 Å². The van der Waals surface area contributed by atoms with Crippen molar-refractivity contribution in [1.29, 1.82) is 0 Å². The second kappa shape index (κ2) is 7.16. The van der Waals surface area contributed by atoms with Crippen molar-refractivity contribution in [1.82, 2.24) is 9.66 Å². The minimum atomic E-state index is -0.348. The first-order valence-electron chi connectivity index (χ1n) is 7.41. The number of nitrogens with two attached hydrogens (primary N) is 1. The molecule has 0 unspecified atom stereocenters. The number of aryl methyl sites for hydroxylation is 1. The molecule has 8 heteroatoms. The predicted octanol–water partition coefficient (Wildman–Crippen LogP) is 2.80. The van der Waals surface area contributed by atoms with Crippen molar-refractivity contribution in [3.8, 4) is 0 Å². The van der Waals surface area contributed by atoms with Crippen LogP contribution in [0.4, 0.5) is 5.69 Å². The van der Waals surface area contributed by atoms with Gasteiger partial charge in [0.05, 0.1) is 16.7 Å². The van der Waals surface area contributed by atoms with E-state index < -0.39 is 0 Å². The number of aromatic nitrogens is 2. The van der Waals surface area contributed by atoms with Gasteiger partial charge in [0.25, 0.3) is 5.56 Å². The highest BCUT2D eigenvalue weighted by Gasteiger charge is 2.12. The van der Waals surface area contributed by atoms with E-state index in [1.807, 2.05) is 13.0 Å². The number of benzene rings is 2. The van der Waals surface area contributed by atoms with Crippen LogP contribution in [0.15, 0.2) is 52.4 Å². The number of amides is 1. The zero-order chi connectivity index (χ0) is 18.0. The first kappa shape index (κ1) is 17.3. The van der Waals surface area contributed by atoms with Gasteiger partial charge in [-0.15, -0.1) is 0 Å². The lowest BCUT2D eigenvalue weighted by Gasteiger charge is -2.10. The van der Waals surface area contributed by atoms with Crippen molar-refractivity contribution in [3.05, 3.63) is 63.4 Å². The summed E-state index contributed by atoms with van der Waals surface area (Å²) in [5.74, 6) is 5.63. The van der Waals surface area contributed by atoms with E-state index in [1.165, 1.54) is 0 Å². The third-order valence-electron chi connectivity index (χ3n) is 3.58. The summed E-state index contributed by atoms with van der Waals surface area (Å²) in [6, 6.07) is 12.2. The summed E-state index contributed by atoms with van der Waals surface area (Å²) >= 11 is 7.04. The molecule has 0 radical (unpaired) electrons. The van der Waals surface area contributed by atoms with E-state index in [-0.39, 0.29) is 22.4 Å². The Kier molecular flexibility index (Phi) is 4.96. The van der Waals surface area contributed by atoms with E-state index in [0.717, 1.165) is 22.0 Å². The summed E-state index contributed by atoms with van der Waals surface area (Å²) in [6.07, 6.45) is 0. The molecule has 0 bridgehead atoms. The summed E-state index contributed by atoms with van der Waals surface area (Å²) in [5, 5.41) is 4.05. The highest BCUT2D eigenvalue weighted by Crippen LogP contribution is 2.21. The maximum Gasteiger partial charge on any atom is 0.280 e. The SMILES string of the molecule is Cc1ccc(Cl)cc1NC(=O)CSc1nc2ccccc2c(=O)n1N. The Labute approximate surface area is 153 Å². The van der Waals surface area contributed by atoms with Gasteiger partial charge in [-0.25, -0.2) is 9.66 Å². The summed E-state index contributed by atoms with van der Waals surface area (Å²) in [5.41, 5.74) is 1.75. The Morgan fingerprint density at radius 2 is 2.08 bits per heavy atom. The molecule has 6 nitrogen and oxygen atoms in total. The molecule has 2 aromatic carbocycles. The number of thioether (sulfide) groups is 1. The molecular formula is C17H15ClN4O2S. The molecule has 0 aliphatic carbocycles. The van der Waals surface area contributed by atoms with E-state index in [2.05, 4.69) is 10.3 Å². The highest BCUT2D eigenvalue weighted by atomic mass is 35.5. The average molecular weight is 375 g/mol. The molecule has 1 heterocycles. The number of nitrogen functional groups attached to an aromatic ring is 1. The Balaban J connectivity index is 1.76. The van der Waals surface area contributed by atoms with Crippen LogP contribution >= 0.6 is 23.4 Å². The molecule has 0 spiro atoms. The summed E-state index contributed by atoms with van der Waals surface area (Å²) < 4.78 is 0.963. The maximum atomic E-state index is 12.2. The molecule has 3 N–H and O–H groups in total. The topological polar surface area (TPSA) is 90.0 Å². The number of para-hydroxylation sites is 1. The van der Waals surface area contributed by atoms with Gasteiger partial charge in [-0.05, 0) is 36.8 Å². The van der Waals surface area contributed by atoms with Crippen molar-refractivity contribution >= 4 is 45.9 Å². The van der Waals surface area contributed by atoms with Crippen LogP contribution in [0.25, 0.3) is 10.9 Å². The van der Waals surface area contributed by atoms with Gasteiger partial charge >= 0.3 is 0 Å². The fourth-order valence-corrected chi connectivity index (χ4v) is 3.16. The minimum absolute atomic E-state index is 0.0634. The normalized spacial score (nSPS) is 10.8. The zero-order valence-electron chi connectivity index (χ0n) is 13.3. The third-order valence-corrected chi connectivity index (χ3v) is 4.77. The lowest BCUT2D eigenvalue weighted by atomic mass is 10.2. The number of hydrogen-bond acceptors (Lipinski definition) is 5. The van der Waals surface area contributed by atoms with Crippen molar-refractivity contribution < 1.29 is 4.79 Å². The van der Waals surface area contributed by atoms with Crippen LogP contribution in [0.3, 0.4) is 0 Å². The molecule has 0 aliphatic rings. The van der Waals surface area contributed by atoms with Crippen LogP contribution in [-0.2, 0) is 4.79 Å². The van der Waals surface area contributed by atoms with Gasteiger partial charge in [0.15, 0.2) is 5.16 Å². The lowest BCUT2D eigenvalue weighted by molar-refractivity contribution is -0.113. The van der Waals surface area contributed by atoms with Gasteiger partial charge in [0.1, 0.15) is 0 Å². The number of nitrogens with one attached hydrogen (secondary N) is 1. The van der Waals surface area contributed by atoms with Gasteiger partial charge in [-0.1, -0.05) is 41.6 Å². The van der Waals surface area contributed by atoms with Gasteiger partial charge < -0.3 is 11.2 Å². The maximum absolute atomic E-state index is 12.2. The first-order chi connectivity index (χ1) is 12.0. The number of hydrogen-bond donors (Lipinski definition) is 2. The Bertz CT molecular complexity index is 1020. The standard InChI is InChI=1S/C17H15ClN4O2S/c1-10-6-7-11(18)8-14(10)20-15(23)9-25-17-21-13-5-3-2-4-12(13)16(24)22(17)19/h2-8H,9,19H2,1H3,(H,20,23). The molecule has 0 fully saturated rings. The van der Waals surface area contributed by atoms with Crippen LogP contribution in [0, 0.1) is 6.92 Å². The largest absolute Gasteiger partial charge is 0.334 e. The van der Waals surface area contributed by atoms with Crippen LogP contribution < -0.4 is 16.7 Å². The molecule has 0 aliphatic heterocycles. The van der Waals surface area contributed by atoms with Crippen molar-refractivity contribution in [2.45, 2.75) is 12.1 Å². The number of carbonyl (C=O) groups excluding carboxylic acids is 1. The molecule has 0 saturated heterocycles. The van der Waals surface area contributed by atoms with Gasteiger partial charge in [0, 0.05) is 10.7 Å². The summed E-state index contributed by atoms with van der Waals surface area (Å²) in [6.45, 7) is 1.88. The van der Waals surface area contributed by atoms with E-state index in [1.54, 1.807) is 36.4 Å². The van der Waals surface area contributed by atoms with Crippen molar-refractivity contribution in [3.63, 3.8) is 0 Å². The number of nitrogens with zero attached hydrogens (tertiary/aromatic N) is 2. The molecule has 1 amide bonds. The summed E-state index contributed by atoms with van der Waals surface area (Å²) in [4.78, 5) is 28.8. The second-order valence-corrected chi connectivity index (χ2v) is 6.76. The number of anilines is 1. The van der Waals surface area contributed by atoms with E-state index in [9.17, 15) is 9.59 Å². The third kappa shape index (κ3) is 3.78. The second-order valence-electron chi connectivity index (χ2n) is 5.38. The van der Waals surface area contributed by atoms with Crippen molar-refractivity contribution in [2.75, 3.05) is 16.9 Å². The van der Waals surface area contributed by atoms with Crippen molar-refractivity contribution in [2.24, 2.45) is 0 Å². The Hall–Kier alpha value is -2.51. The first-order valence-corrected chi connectivity index (χ1v) is 8.78. The smallest absolute Gasteiger partial charge is 0.280 e. The zero-order valence-corrected chi connectivity index (χ0v) is 14.9. The molecule has 3 aromatic rings.